The highest BCUT2D eigenvalue weighted by molar-refractivity contribution is 5.61. The van der Waals surface area contributed by atoms with E-state index >= 15 is 0 Å². The molecule has 0 spiro atoms. The van der Waals surface area contributed by atoms with Gasteiger partial charge in [0.2, 0.25) is 5.95 Å². The van der Waals surface area contributed by atoms with E-state index in [0.29, 0.717) is 0 Å². The summed E-state index contributed by atoms with van der Waals surface area (Å²) in [5.41, 5.74) is 2.17. The molecule has 0 saturated carbocycles. The molecule has 0 fully saturated rings. The summed E-state index contributed by atoms with van der Waals surface area (Å²) in [6, 6.07) is 12.5. The summed E-state index contributed by atoms with van der Waals surface area (Å²) in [7, 11) is 0. The number of benzene rings is 1. The fourth-order valence-corrected chi connectivity index (χ4v) is 2.75. The summed E-state index contributed by atoms with van der Waals surface area (Å²) in [5.74, 6) is 1.82. The summed E-state index contributed by atoms with van der Waals surface area (Å²) in [6.45, 7) is 11.5. The van der Waals surface area contributed by atoms with Crippen molar-refractivity contribution in [2.75, 3.05) is 29.4 Å². The van der Waals surface area contributed by atoms with Gasteiger partial charge in [0.1, 0.15) is 5.82 Å². The predicted octanol–water partition coefficient (Wildman–Crippen LogP) is 4.57. The maximum atomic E-state index is 4.86. The molecule has 2 aromatic rings. The third-order valence-corrected chi connectivity index (χ3v) is 3.76. The Balaban J connectivity index is 2.38. The quantitative estimate of drug-likeness (QED) is 0.715. The topological polar surface area (TPSA) is 32.3 Å². The first-order valence-corrected chi connectivity index (χ1v) is 8.62. The van der Waals surface area contributed by atoms with Crippen LogP contribution in [0.15, 0.2) is 36.4 Å². The number of hydrogen-bond donors (Lipinski definition) is 0. The maximum absolute atomic E-state index is 4.86. The van der Waals surface area contributed by atoms with Gasteiger partial charge in [-0.3, -0.25) is 0 Å². The molecular formula is C19H28N4. The van der Waals surface area contributed by atoms with Crippen LogP contribution >= 0.6 is 0 Å². The predicted molar refractivity (Wildman–Crippen MR) is 98.7 cm³/mol. The van der Waals surface area contributed by atoms with E-state index in [1.54, 1.807) is 0 Å². The van der Waals surface area contributed by atoms with Crippen molar-refractivity contribution in [2.45, 2.75) is 40.5 Å². The number of rotatable bonds is 8. The van der Waals surface area contributed by atoms with Crippen LogP contribution in [0.3, 0.4) is 0 Å². The number of anilines is 3. The van der Waals surface area contributed by atoms with E-state index in [0.717, 1.165) is 55.6 Å². The van der Waals surface area contributed by atoms with Crippen LogP contribution in [0.2, 0.25) is 0 Å². The van der Waals surface area contributed by atoms with Crippen LogP contribution in [0, 0.1) is 6.92 Å². The lowest BCUT2D eigenvalue weighted by atomic mass is 10.2. The van der Waals surface area contributed by atoms with Crippen LogP contribution in [0.25, 0.3) is 0 Å². The SMILES string of the molecule is CCCN(CCC)c1nc(C)cc(N(CC)c2ccccc2)n1. The fraction of sp³-hybridized carbons (Fsp3) is 0.474. The van der Waals surface area contributed by atoms with Gasteiger partial charge in [-0.25, -0.2) is 4.98 Å². The molecule has 0 aliphatic heterocycles. The molecule has 124 valence electrons. The number of hydrogen-bond acceptors (Lipinski definition) is 4. The third-order valence-electron chi connectivity index (χ3n) is 3.76. The van der Waals surface area contributed by atoms with E-state index in [2.05, 4.69) is 65.9 Å². The Morgan fingerprint density at radius 2 is 1.57 bits per heavy atom. The lowest BCUT2D eigenvalue weighted by Crippen LogP contribution is -2.28. The van der Waals surface area contributed by atoms with Crippen molar-refractivity contribution < 1.29 is 0 Å². The summed E-state index contributed by atoms with van der Waals surface area (Å²) in [6.07, 6.45) is 2.20. The van der Waals surface area contributed by atoms with Gasteiger partial charge in [0.15, 0.2) is 0 Å². The van der Waals surface area contributed by atoms with Crippen molar-refractivity contribution in [3.05, 3.63) is 42.1 Å². The molecule has 0 bridgehead atoms. The minimum Gasteiger partial charge on any atom is -0.341 e. The van der Waals surface area contributed by atoms with Crippen LogP contribution < -0.4 is 9.80 Å². The van der Waals surface area contributed by atoms with Gasteiger partial charge in [-0.15, -0.1) is 0 Å². The molecule has 1 aromatic carbocycles. The molecule has 0 N–H and O–H groups in total. The first kappa shape index (κ1) is 17.3. The van der Waals surface area contributed by atoms with Crippen LogP contribution in [-0.4, -0.2) is 29.6 Å². The van der Waals surface area contributed by atoms with Gasteiger partial charge in [0.05, 0.1) is 0 Å². The van der Waals surface area contributed by atoms with E-state index in [9.17, 15) is 0 Å². The Morgan fingerprint density at radius 1 is 0.913 bits per heavy atom. The standard InChI is InChI=1S/C19H28N4/c1-5-13-22(14-6-2)19-20-16(4)15-18(21-19)23(7-3)17-11-9-8-10-12-17/h8-12,15H,5-7,13-14H2,1-4H3. The molecule has 0 unspecified atom stereocenters. The number of aryl methyl sites for hydroxylation is 1. The number of para-hydroxylation sites is 1. The Labute approximate surface area is 140 Å². The molecule has 0 atom stereocenters. The molecule has 0 aliphatic carbocycles. The Kier molecular flexibility index (Phi) is 6.39. The average Bonchev–Trinajstić information content (AvgIpc) is 2.56. The Hall–Kier alpha value is -2.10. The highest BCUT2D eigenvalue weighted by Gasteiger charge is 2.14. The summed E-state index contributed by atoms with van der Waals surface area (Å²) in [4.78, 5) is 14.0. The van der Waals surface area contributed by atoms with Crippen molar-refractivity contribution in [1.82, 2.24) is 9.97 Å². The normalized spacial score (nSPS) is 10.6. The van der Waals surface area contributed by atoms with Gasteiger partial charge in [-0.05, 0) is 38.8 Å². The van der Waals surface area contributed by atoms with E-state index in [1.165, 1.54) is 0 Å². The van der Waals surface area contributed by atoms with Gasteiger partial charge < -0.3 is 9.80 Å². The number of aromatic nitrogens is 2. The molecule has 2 rings (SSSR count). The molecule has 4 nitrogen and oxygen atoms in total. The van der Waals surface area contributed by atoms with E-state index in [4.69, 9.17) is 4.98 Å². The molecule has 0 amide bonds. The smallest absolute Gasteiger partial charge is 0.227 e. The van der Waals surface area contributed by atoms with Gasteiger partial charge in [-0.1, -0.05) is 32.0 Å². The maximum Gasteiger partial charge on any atom is 0.227 e. The van der Waals surface area contributed by atoms with E-state index in [1.807, 2.05) is 13.0 Å². The molecular weight excluding hydrogens is 284 g/mol. The minimum absolute atomic E-state index is 0.845. The van der Waals surface area contributed by atoms with Gasteiger partial charge in [0.25, 0.3) is 0 Å². The molecule has 1 heterocycles. The van der Waals surface area contributed by atoms with Gasteiger partial charge in [0, 0.05) is 37.1 Å². The molecule has 0 aliphatic rings. The van der Waals surface area contributed by atoms with Crippen LogP contribution in [0.4, 0.5) is 17.5 Å². The first-order chi connectivity index (χ1) is 11.2. The van der Waals surface area contributed by atoms with Crippen LogP contribution in [0.1, 0.15) is 39.3 Å². The molecule has 4 heteroatoms. The van der Waals surface area contributed by atoms with E-state index < -0.39 is 0 Å². The molecule has 0 radical (unpaired) electrons. The minimum atomic E-state index is 0.845. The van der Waals surface area contributed by atoms with Crippen molar-refractivity contribution in [1.29, 1.82) is 0 Å². The van der Waals surface area contributed by atoms with Gasteiger partial charge >= 0.3 is 0 Å². The first-order valence-electron chi connectivity index (χ1n) is 8.62. The zero-order chi connectivity index (χ0) is 16.7. The zero-order valence-electron chi connectivity index (χ0n) is 14.8. The van der Waals surface area contributed by atoms with Crippen molar-refractivity contribution in [3.63, 3.8) is 0 Å². The van der Waals surface area contributed by atoms with Crippen LogP contribution in [-0.2, 0) is 0 Å². The second-order valence-corrected chi connectivity index (χ2v) is 5.73. The van der Waals surface area contributed by atoms with E-state index in [-0.39, 0.29) is 0 Å². The summed E-state index contributed by atoms with van der Waals surface area (Å²) < 4.78 is 0. The van der Waals surface area contributed by atoms with Crippen LogP contribution in [0.5, 0.6) is 0 Å². The zero-order valence-corrected chi connectivity index (χ0v) is 14.8. The molecule has 23 heavy (non-hydrogen) atoms. The second-order valence-electron chi connectivity index (χ2n) is 5.73. The lowest BCUT2D eigenvalue weighted by Gasteiger charge is -2.26. The monoisotopic (exact) mass is 312 g/mol. The highest BCUT2D eigenvalue weighted by Crippen LogP contribution is 2.25. The summed E-state index contributed by atoms with van der Waals surface area (Å²) >= 11 is 0. The average molecular weight is 312 g/mol. The van der Waals surface area contributed by atoms with Gasteiger partial charge in [-0.2, -0.15) is 4.98 Å². The van der Waals surface area contributed by atoms with Crippen molar-refractivity contribution in [3.8, 4) is 0 Å². The Morgan fingerprint density at radius 3 is 2.13 bits per heavy atom. The van der Waals surface area contributed by atoms with Crippen molar-refractivity contribution >= 4 is 17.5 Å². The second kappa shape index (κ2) is 8.51. The largest absolute Gasteiger partial charge is 0.341 e. The molecule has 1 aromatic heterocycles. The van der Waals surface area contributed by atoms with Crippen molar-refractivity contribution in [2.24, 2.45) is 0 Å². The fourth-order valence-electron chi connectivity index (χ4n) is 2.75. The third kappa shape index (κ3) is 4.44. The summed E-state index contributed by atoms with van der Waals surface area (Å²) in [5, 5.41) is 0. The highest BCUT2D eigenvalue weighted by atomic mass is 15.3. The number of nitrogens with zero attached hydrogens (tertiary/aromatic N) is 4. The molecule has 0 saturated heterocycles. The Bertz CT molecular complexity index is 592. The lowest BCUT2D eigenvalue weighted by molar-refractivity contribution is 0.718.